The first-order valence-electron chi connectivity index (χ1n) is 7.47. The van der Waals surface area contributed by atoms with Gasteiger partial charge in [-0.2, -0.15) is 5.26 Å². The first-order valence-corrected chi connectivity index (χ1v) is 8.26. The summed E-state index contributed by atoms with van der Waals surface area (Å²) in [4.78, 5) is 0. The molecule has 1 saturated carbocycles. The van der Waals surface area contributed by atoms with Crippen molar-refractivity contribution < 1.29 is 4.74 Å². The van der Waals surface area contributed by atoms with Crippen molar-refractivity contribution in [1.29, 1.82) is 5.26 Å². The highest BCUT2D eigenvalue weighted by molar-refractivity contribution is 9.10. The summed E-state index contributed by atoms with van der Waals surface area (Å²) in [5.41, 5.74) is 2.30. The molecule has 2 aliphatic rings. The van der Waals surface area contributed by atoms with E-state index in [4.69, 9.17) is 4.74 Å². The Hall–Kier alpha value is -1.01. The Labute approximate surface area is 129 Å². The molecule has 106 valence electrons. The third-order valence-corrected chi connectivity index (χ3v) is 5.14. The number of rotatable bonds is 2. The van der Waals surface area contributed by atoms with Crippen molar-refractivity contribution in [3.8, 4) is 11.8 Å². The van der Waals surface area contributed by atoms with E-state index in [0.29, 0.717) is 5.92 Å². The van der Waals surface area contributed by atoms with Gasteiger partial charge in [0.05, 0.1) is 18.1 Å². The summed E-state index contributed by atoms with van der Waals surface area (Å²) in [5.74, 6) is 1.70. The maximum atomic E-state index is 9.74. The van der Waals surface area contributed by atoms with Crippen LogP contribution in [0.4, 0.5) is 0 Å². The molecule has 1 aromatic carbocycles. The van der Waals surface area contributed by atoms with Crippen molar-refractivity contribution in [2.75, 3.05) is 6.61 Å². The van der Waals surface area contributed by atoms with Crippen LogP contribution in [-0.2, 0) is 12.8 Å². The number of halogens is 1. The SMILES string of the molecule is CC1CCCC(C#N)(Cc2cc(Br)cc3c2OCC3)C1. The molecule has 0 aromatic heterocycles. The van der Waals surface area contributed by atoms with Gasteiger partial charge >= 0.3 is 0 Å². The first kappa shape index (κ1) is 13.9. The second kappa shape index (κ2) is 5.41. The lowest BCUT2D eigenvalue weighted by molar-refractivity contribution is 0.207. The van der Waals surface area contributed by atoms with E-state index in [1.165, 1.54) is 24.0 Å². The first-order chi connectivity index (χ1) is 9.62. The maximum Gasteiger partial charge on any atom is 0.125 e. The zero-order valence-corrected chi connectivity index (χ0v) is 13.5. The number of ether oxygens (including phenoxy) is 1. The number of hydrogen-bond acceptors (Lipinski definition) is 2. The van der Waals surface area contributed by atoms with Crippen LogP contribution in [-0.4, -0.2) is 6.61 Å². The monoisotopic (exact) mass is 333 g/mol. The van der Waals surface area contributed by atoms with Gasteiger partial charge in [-0.05, 0) is 48.4 Å². The summed E-state index contributed by atoms with van der Waals surface area (Å²) >= 11 is 3.59. The van der Waals surface area contributed by atoms with Gasteiger partial charge in [0.15, 0.2) is 0 Å². The molecular formula is C17H20BrNO. The van der Waals surface area contributed by atoms with Crippen LogP contribution in [0.5, 0.6) is 5.75 Å². The number of nitrogens with zero attached hydrogens (tertiary/aromatic N) is 1. The summed E-state index contributed by atoms with van der Waals surface area (Å²) < 4.78 is 6.92. The van der Waals surface area contributed by atoms with E-state index in [0.717, 1.165) is 42.5 Å². The Kier molecular flexibility index (Phi) is 3.77. The van der Waals surface area contributed by atoms with Gasteiger partial charge in [-0.15, -0.1) is 0 Å². The second-order valence-electron chi connectivity index (χ2n) is 6.42. The summed E-state index contributed by atoms with van der Waals surface area (Å²) in [7, 11) is 0. The summed E-state index contributed by atoms with van der Waals surface area (Å²) in [5, 5.41) is 9.74. The standard InChI is InChI=1S/C17H20BrNO/c1-12-3-2-5-17(9-12,11-19)10-14-8-15(18)7-13-4-6-20-16(13)14/h7-8,12H,2-6,9-10H2,1H3. The molecule has 1 aliphatic carbocycles. The molecule has 2 nitrogen and oxygen atoms in total. The predicted octanol–water partition coefficient (Wildman–Crippen LogP) is 4.65. The lowest BCUT2D eigenvalue weighted by Crippen LogP contribution is -2.28. The van der Waals surface area contributed by atoms with Crippen molar-refractivity contribution in [2.45, 2.75) is 45.4 Å². The molecule has 0 radical (unpaired) electrons. The molecule has 1 fully saturated rings. The Bertz CT molecular complexity index is 563. The molecule has 3 heteroatoms. The number of nitriles is 1. The zero-order valence-electron chi connectivity index (χ0n) is 11.9. The van der Waals surface area contributed by atoms with Crippen LogP contribution in [0.15, 0.2) is 16.6 Å². The Balaban J connectivity index is 1.92. The highest BCUT2D eigenvalue weighted by Crippen LogP contribution is 2.44. The van der Waals surface area contributed by atoms with Gasteiger partial charge in [-0.3, -0.25) is 0 Å². The minimum atomic E-state index is -0.196. The Morgan fingerprint density at radius 3 is 3.10 bits per heavy atom. The highest BCUT2D eigenvalue weighted by Gasteiger charge is 2.36. The molecule has 0 amide bonds. The quantitative estimate of drug-likeness (QED) is 0.789. The van der Waals surface area contributed by atoms with Gasteiger partial charge in [0.2, 0.25) is 0 Å². The number of hydrogen-bond donors (Lipinski definition) is 0. The van der Waals surface area contributed by atoms with E-state index in [9.17, 15) is 5.26 Å². The van der Waals surface area contributed by atoms with Crippen LogP contribution in [0.2, 0.25) is 0 Å². The van der Waals surface area contributed by atoms with E-state index in [1.807, 2.05) is 0 Å². The van der Waals surface area contributed by atoms with Crippen molar-refractivity contribution in [2.24, 2.45) is 11.3 Å². The minimum Gasteiger partial charge on any atom is -0.493 e. The average molecular weight is 334 g/mol. The fourth-order valence-corrected chi connectivity index (χ4v) is 4.36. The molecule has 2 atom stereocenters. The molecule has 1 aromatic rings. The van der Waals surface area contributed by atoms with E-state index < -0.39 is 0 Å². The van der Waals surface area contributed by atoms with Crippen molar-refractivity contribution in [3.05, 3.63) is 27.7 Å². The van der Waals surface area contributed by atoms with Gasteiger partial charge in [0.25, 0.3) is 0 Å². The van der Waals surface area contributed by atoms with Crippen molar-refractivity contribution in [1.82, 2.24) is 0 Å². The van der Waals surface area contributed by atoms with Crippen LogP contribution in [0.1, 0.15) is 43.7 Å². The van der Waals surface area contributed by atoms with Gasteiger partial charge in [0, 0.05) is 10.9 Å². The zero-order chi connectivity index (χ0) is 14.2. The summed E-state index contributed by atoms with van der Waals surface area (Å²) in [6.07, 6.45) is 6.29. The normalized spacial score (nSPS) is 28.6. The molecule has 1 aliphatic heterocycles. The highest BCUT2D eigenvalue weighted by atomic mass is 79.9. The van der Waals surface area contributed by atoms with Crippen LogP contribution < -0.4 is 4.74 Å². The molecule has 0 bridgehead atoms. The Morgan fingerprint density at radius 1 is 1.50 bits per heavy atom. The van der Waals surface area contributed by atoms with Gasteiger partial charge in [-0.1, -0.05) is 35.7 Å². The molecule has 1 heterocycles. The van der Waals surface area contributed by atoms with Crippen LogP contribution in [0.25, 0.3) is 0 Å². The van der Waals surface area contributed by atoms with Crippen LogP contribution in [0.3, 0.4) is 0 Å². The molecule has 0 spiro atoms. The van der Waals surface area contributed by atoms with Crippen molar-refractivity contribution >= 4 is 15.9 Å². The molecular weight excluding hydrogens is 314 g/mol. The van der Waals surface area contributed by atoms with Gasteiger partial charge in [0.1, 0.15) is 5.75 Å². The van der Waals surface area contributed by atoms with Gasteiger partial charge in [-0.25, -0.2) is 0 Å². The topological polar surface area (TPSA) is 33.0 Å². The fraction of sp³-hybridized carbons (Fsp3) is 0.588. The minimum absolute atomic E-state index is 0.196. The lowest BCUT2D eigenvalue weighted by Gasteiger charge is -2.34. The molecule has 0 N–H and O–H groups in total. The van der Waals surface area contributed by atoms with E-state index in [1.54, 1.807) is 0 Å². The van der Waals surface area contributed by atoms with Crippen molar-refractivity contribution in [3.63, 3.8) is 0 Å². The third-order valence-electron chi connectivity index (χ3n) is 4.68. The summed E-state index contributed by atoms with van der Waals surface area (Å²) in [6.45, 7) is 3.04. The molecule has 20 heavy (non-hydrogen) atoms. The predicted molar refractivity (Wildman–Crippen MR) is 82.7 cm³/mol. The van der Waals surface area contributed by atoms with E-state index in [-0.39, 0.29) is 5.41 Å². The fourth-order valence-electron chi connectivity index (χ4n) is 3.80. The third kappa shape index (κ3) is 2.59. The maximum absolute atomic E-state index is 9.74. The number of benzene rings is 1. The lowest BCUT2D eigenvalue weighted by atomic mass is 9.68. The molecule has 3 rings (SSSR count). The van der Waals surface area contributed by atoms with E-state index in [2.05, 4.69) is 41.1 Å². The largest absolute Gasteiger partial charge is 0.493 e. The van der Waals surface area contributed by atoms with Gasteiger partial charge < -0.3 is 4.74 Å². The number of fused-ring (bicyclic) bond motifs is 1. The molecule has 0 saturated heterocycles. The Morgan fingerprint density at radius 2 is 2.35 bits per heavy atom. The van der Waals surface area contributed by atoms with Crippen LogP contribution in [0, 0.1) is 22.7 Å². The smallest absolute Gasteiger partial charge is 0.125 e. The van der Waals surface area contributed by atoms with Crippen LogP contribution >= 0.6 is 15.9 Å². The van der Waals surface area contributed by atoms with E-state index >= 15 is 0 Å². The summed E-state index contributed by atoms with van der Waals surface area (Å²) in [6, 6.07) is 6.92. The average Bonchev–Trinajstić information content (AvgIpc) is 2.87. The molecule has 2 unspecified atom stereocenters. The second-order valence-corrected chi connectivity index (χ2v) is 7.34.